The van der Waals surface area contributed by atoms with E-state index in [1.807, 2.05) is 26.1 Å². The SMILES string of the molecule is CC(C)(C(=O)N1CCc2cnccc21)c1ccc(F)cc1. The van der Waals surface area contributed by atoms with Crippen LogP contribution in [0.5, 0.6) is 0 Å². The van der Waals surface area contributed by atoms with Gasteiger partial charge in [-0.15, -0.1) is 0 Å². The number of hydrogen-bond donors (Lipinski definition) is 0. The van der Waals surface area contributed by atoms with Crippen LogP contribution in [-0.4, -0.2) is 17.4 Å². The molecule has 1 aromatic carbocycles. The lowest BCUT2D eigenvalue weighted by molar-refractivity contribution is -0.122. The molecule has 0 aliphatic carbocycles. The molecule has 1 aliphatic heterocycles. The predicted molar refractivity (Wildman–Crippen MR) is 79.7 cm³/mol. The van der Waals surface area contributed by atoms with E-state index >= 15 is 0 Å². The van der Waals surface area contributed by atoms with Crippen LogP contribution < -0.4 is 4.90 Å². The third kappa shape index (κ3) is 2.31. The third-order valence-corrected chi connectivity index (χ3v) is 4.12. The molecule has 2 heterocycles. The number of carbonyl (C=O) groups is 1. The van der Waals surface area contributed by atoms with E-state index < -0.39 is 5.41 Å². The predicted octanol–water partition coefficient (Wildman–Crippen LogP) is 3.09. The average Bonchev–Trinajstić information content (AvgIpc) is 2.90. The quantitative estimate of drug-likeness (QED) is 0.849. The van der Waals surface area contributed by atoms with Crippen molar-refractivity contribution in [2.75, 3.05) is 11.4 Å². The van der Waals surface area contributed by atoms with Crippen molar-refractivity contribution in [1.29, 1.82) is 0 Å². The molecule has 2 aromatic rings. The van der Waals surface area contributed by atoms with E-state index in [-0.39, 0.29) is 11.7 Å². The number of anilines is 1. The van der Waals surface area contributed by atoms with E-state index in [1.54, 1.807) is 23.2 Å². The second-order valence-electron chi connectivity index (χ2n) is 5.84. The van der Waals surface area contributed by atoms with Gasteiger partial charge in [0.15, 0.2) is 0 Å². The minimum Gasteiger partial charge on any atom is -0.311 e. The van der Waals surface area contributed by atoms with E-state index in [9.17, 15) is 9.18 Å². The highest BCUT2D eigenvalue weighted by Crippen LogP contribution is 2.33. The standard InChI is InChI=1S/C17H17FN2O/c1-17(2,13-3-5-14(18)6-4-13)16(21)20-10-8-12-11-19-9-7-15(12)20/h3-7,9,11H,8,10H2,1-2H3. The Balaban J connectivity index is 1.93. The molecule has 21 heavy (non-hydrogen) atoms. The molecular weight excluding hydrogens is 267 g/mol. The van der Waals surface area contributed by atoms with Gasteiger partial charge >= 0.3 is 0 Å². The van der Waals surface area contributed by atoms with Crippen molar-refractivity contribution in [3.05, 3.63) is 59.7 Å². The summed E-state index contributed by atoms with van der Waals surface area (Å²) in [7, 11) is 0. The van der Waals surface area contributed by atoms with Crippen LogP contribution in [0.4, 0.5) is 10.1 Å². The Morgan fingerprint density at radius 3 is 2.67 bits per heavy atom. The molecule has 0 saturated carbocycles. The fraction of sp³-hybridized carbons (Fsp3) is 0.294. The van der Waals surface area contributed by atoms with Gasteiger partial charge in [0.25, 0.3) is 0 Å². The summed E-state index contributed by atoms with van der Waals surface area (Å²) in [5.74, 6) is -0.265. The number of nitrogens with zero attached hydrogens (tertiary/aromatic N) is 2. The lowest BCUT2D eigenvalue weighted by Crippen LogP contribution is -2.42. The Morgan fingerprint density at radius 1 is 1.24 bits per heavy atom. The van der Waals surface area contributed by atoms with Crippen molar-refractivity contribution in [3.63, 3.8) is 0 Å². The molecule has 1 amide bonds. The van der Waals surface area contributed by atoms with Crippen LogP contribution in [0.2, 0.25) is 0 Å². The van der Waals surface area contributed by atoms with Crippen LogP contribution in [0.15, 0.2) is 42.7 Å². The van der Waals surface area contributed by atoms with Gasteiger partial charge in [0.05, 0.1) is 5.41 Å². The van der Waals surface area contributed by atoms with Gasteiger partial charge in [0.1, 0.15) is 5.82 Å². The van der Waals surface area contributed by atoms with Crippen molar-refractivity contribution in [1.82, 2.24) is 4.98 Å². The highest BCUT2D eigenvalue weighted by molar-refractivity contribution is 6.02. The molecule has 0 radical (unpaired) electrons. The fourth-order valence-corrected chi connectivity index (χ4v) is 2.77. The van der Waals surface area contributed by atoms with E-state index in [0.717, 1.165) is 23.2 Å². The van der Waals surface area contributed by atoms with Gasteiger partial charge in [-0.05, 0) is 49.6 Å². The van der Waals surface area contributed by atoms with Crippen molar-refractivity contribution in [2.24, 2.45) is 0 Å². The topological polar surface area (TPSA) is 33.2 Å². The second-order valence-corrected chi connectivity index (χ2v) is 5.84. The monoisotopic (exact) mass is 284 g/mol. The van der Waals surface area contributed by atoms with Crippen LogP contribution in [0, 0.1) is 5.82 Å². The van der Waals surface area contributed by atoms with Gasteiger partial charge in [-0.2, -0.15) is 0 Å². The summed E-state index contributed by atoms with van der Waals surface area (Å²) < 4.78 is 13.1. The Bertz CT molecular complexity index is 679. The number of amides is 1. The van der Waals surface area contributed by atoms with Crippen LogP contribution >= 0.6 is 0 Å². The third-order valence-electron chi connectivity index (χ3n) is 4.12. The van der Waals surface area contributed by atoms with Crippen LogP contribution in [0.25, 0.3) is 0 Å². The van der Waals surface area contributed by atoms with Crippen LogP contribution in [-0.2, 0) is 16.6 Å². The number of benzene rings is 1. The van der Waals surface area contributed by atoms with Gasteiger partial charge in [0, 0.05) is 24.6 Å². The first kappa shape index (κ1) is 13.7. The summed E-state index contributed by atoms with van der Waals surface area (Å²) in [6.07, 6.45) is 4.34. The zero-order valence-electron chi connectivity index (χ0n) is 12.1. The molecule has 0 fully saturated rings. The minimum atomic E-state index is -0.696. The van der Waals surface area contributed by atoms with Gasteiger partial charge in [0.2, 0.25) is 5.91 Å². The Kier molecular flexibility index (Phi) is 3.24. The van der Waals surface area contributed by atoms with E-state index in [1.165, 1.54) is 12.1 Å². The maximum atomic E-state index is 13.1. The molecule has 3 nitrogen and oxygen atoms in total. The summed E-state index contributed by atoms with van der Waals surface area (Å²) in [5.41, 5.74) is 2.15. The summed E-state index contributed by atoms with van der Waals surface area (Å²) in [6, 6.07) is 8.02. The molecule has 0 unspecified atom stereocenters. The van der Waals surface area contributed by atoms with Crippen molar-refractivity contribution >= 4 is 11.6 Å². The summed E-state index contributed by atoms with van der Waals surface area (Å²) >= 11 is 0. The lowest BCUT2D eigenvalue weighted by Gasteiger charge is -2.30. The molecule has 0 N–H and O–H groups in total. The second kappa shape index (κ2) is 4.95. The Morgan fingerprint density at radius 2 is 1.95 bits per heavy atom. The maximum absolute atomic E-state index is 13.1. The molecule has 4 heteroatoms. The molecular formula is C17H17FN2O. The molecule has 0 bridgehead atoms. The fourth-order valence-electron chi connectivity index (χ4n) is 2.77. The molecule has 0 spiro atoms. The van der Waals surface area contributed by atoms with E-state index in [0.29, 0.717) is 6.54 Å². The first-order valence-corrected chi connectivity index (χ1v) is 7.01. The summed E-state index contributed by atoms with van der Waals surface area (Å²) in [5, 5.41) is 0. The maximum Gasteiger partial charge on any atom is 0.237 e. The largest absolute Gasteiger partial charge is 0.311 e. The summed E-state index contributed by atoms with van der Waals surface area (Å²) in [4.78, 5) is 18.8. The van der Waals surface area contributed by atoms with Gasteiger partial charge in [-0.3, -0.25) is 9.78 Å². The van der Waals surface area contributed by atoms with Crippen molar-refractivity contribution in [3.8, 4) is 0 Å². The Labute approximate surface area is 123 Å². The molecule has 0 saturated heterocycles. The highest BCUT2D eigenvalue weighted by Gasteiger charge is 2.36. The van der Waals surface area contributed by atoms with Crippen molar-refractivity contribution < 1.29 is 9.18 Å². The summed E-state index contributed by atoms with van der Waals surface area (Å²) in [6.45, 7) is 4.42. The first-order chi connectivity index (χ1) is 10.00. The number of pyridine rings is 1. The van der Waals surface area contributed by atoms with Crippen molar-refractivity contribution in [2.45, 2.75) is 25.7 Å². The van der Waals surface area contributed by atoms with E-state index in [4.69, 9.17) is 0 Å². The smallest absolute Gasteiger partial charge is 0.237 e. The Hall–Kier alpha value is -2.23. The number of halogens is 1. The lowest BCUT2D eigenvalue weighted by atomic mass is 9.83. The number of carbonyl (C=O) groups excluding carboxylic acids is 1. The average molecular weight is 284 g/mol. The normalized spacial score (nSPS) is 14.1. The molecule has 1 aliphatic rings. The molecule has 108 valence electrons. The molecule has 1 aromatic heterocycles. The van der Waals surface area contributed by atoms with Crippen LogP contribution in [0.3, 0.4) is 0 Å². The zero-order valence-corrected chi connectivity index (χ0v) is 12.1. The minimum absolute atomic E-state index is 0.0269. The highest BCUT2D eigenvalue weighted by atomic mass is 19.1. The number of fused-ring (bicyclic) bond motifs is 1. The molecule has 3 rings (SSSR count). The van der Waals surface area contributed by atoms with Gasteiger partial charge in [-0.25, -0.2) is 4.39 Å². The number of aromatic nitrogens is 1. The van der Waals surface area contributed by atoms with Crippen LogP contribution in [0.1, 0.15) is 25.0 Å². The first-order valence-electron chi connectivity index (χ1n) is 7.01. The number of hydrogen-bond acceptors (Lipinski definition) is 2. The molecule has 0 atom stereocenters. The van der Waals surface area contributed by atoms with Gasteiger partial charge < -0.3 is 4.90 Å². The zero-order chi connectivity index (χ0) is 15.0. The van der Waals surface area contributed by atoms with Gasteiger partial charge in [-0.1, -0.05) is 12.1 Å². The number of rotatable bonds is 2. The van der Waals surface area contributed by atoms with E-state index in [2.05, 4.69) is 4.98 Å².